The molecule has 1 heterocycles. The Morgan fingerprint density at radius 1 is 1.40 bits per heavy atom. The largest absolute Gasteiger partial charge is 0.496 e. The molecule has 0 radical (unpaired) electrons. The second kappa shape index (κ2) is 5.35. The van der Waals surface area contributed by atoms with Crippen molar-refractivity contribution in [2.75, 3.05) is 13.7 Å². The quantitative estimate of drug-likeness (QED) is 0.917. The summed E-state index contributed by atoms with van der Waals surface area (Å²) in [6, 6.07) is 6.06. The molecule has 1 N–H and O–H groups in total. The summed E-state index contributed by atoms with van der Waals surface area (Å²) >= 11 is 0. The van der Waals surface area contributed by atoms with Crippen LogP contribution in [0, 0.1) is 5.41 Å². The minimum atomic E-state index is -0.369. The van der Waals surface area contributed by atoms with Crippen molar-refractivity contribution in [2.24, 2.45) is 5.41 Å². The zero-order valence-corrected chi connectivity index (χ0v) is 12.8. The van der Waals surface area contributed by atoms with Crippen molar-refractivity contribution in [2.45, 2.75) is 39.7 Å². The summed E-state index contributed by atoms with van der Waals surface area (Å²) in [5.41, 5.74) is 2.06. The van der Waals surface area contributed by atoms with Gasteiger partial charge >= 0.3 is 6.09 Å². The third-order valence-electron chi connectivity index (χ3n) is 3.85. The lowest BCUT2D eigenvalue weighted by Crippen LogP contribution is -2.47. The first kappa shape index (κ1) is 14.7. The van der Waals surface area contributed by atoms with Crippen LogP contribution in [0.1, 0.15) is 50.8 Å². The fourth-order valence-corrected chi connectivity index (χ4v) is 2.53. The summed E-state index contributed by atoms with van der Waals surface area (Å²) in [6.07, 6.45) is -0.369. The summed E-state index contributed by atoms with van der Waals surface area (Å²) in [7, 11) is 1.65. The molecule has 1 aliphatic rings. The zero-order valence-electron chi connectivity index (χ0n) is 12.8. The van der Waals surface area contributed by atoms with Crippen molar-refractivity contribution in [3.05, 3.63) is 29.3 Å². The van der Waals surface area contributed by atoms with Crippen LogP contribution in [0.2, 0.25) is 0 Å². The van der Waals surface area contributed by atoms with Gasteiger partial charge in [-0.05, 0) is 23.6 Å². The van der Waals surface area contributed by atoms with Crippen LogP contribution in [0.25, 0.3) is 0 Å². The summed E-state index contributed by atoms with van der Waals surface area (Å²) in [6.45, 7) is 8.87. The van der Waals surface area contributed by atoms with Crippen molar-refractivity contribution >= 4 is 6.09 Å². The molecule has 0 bridgehead atoms. The molecule has 1 aromatic rings. The number of amides is 1. The Labute approximate surface area is 120 Å². The Kier molecular flexibility index (Phi) is 3.93. The van der Waals surface area contributed by atoms with Crippen molar-refractivity contribution in [3.8, 4) is 5.75 Å². The Morgan fingerprint density at radius 3 is 2.70 bits per heavy atom. The number of nitrogens with one attached hydrogen (secondary N) is 1. The molecule has 0 spiro atoms. The van der Waals surface area contributed by atoms with E-state index in [9.17, 15) is 4.79 Å². The average Bonchev–Trinajstić information content (AvgIpc) is 2.40. The van der Waals surface area contributed by atoms with E-state index in [1.807, 2.05) is 6.07 Å². The molecule has 0 saturated carbocycles. The first-order valence-corrected chi connectivity index (χ1v) is 6.96. The molecule has 1 amide bonds. The molecule has 0 aliphatic carbocycles. The van der Waals surface area contributed by atoms with E-state index in [1.54, 1.807) is 7.11 Å². The van der Waals surface area contributed by atoms with Gasteiger partial charge in [-0.2, -0.15) is 0 Å². The van der Waals surface area contributed by atoms with Gasteiger partial charge in [0, 0.05) is 11.0 Å². The van der Waals surface area contributed by atoms with Crippen LogP contribution in [-0.4, -0.2) is 19.8 Å². The highest BCUT2D eigenvalue weighted by molar-refractivity contribution is 5.69. The lowest BCUT2D eigenvalue weighted by atomic mass is 9.79. The maximum atomic E-state index is 11.6. The molecule has 1 fully saturated rings. The number of benzene rings is 1. The highest BCUT2D eigenvalue weighted by Crippen LogP contribution is 2.41. The molecule has 1 atom stereocenters. The summed E-state index contributed by atoms with van der Waals surface area (Å²) in [5, 5.41) is 2.92. The first-order valence-electron chi connectivity index (χ1n) is 6.96. The van der Waals surface area contributed by atoms with Gasteiger partial charge in [0.1, 0.15) is 12.4 Å². The number of hydrogen-bond acceptors (Lipinski definition) is 3. The van der Waals surface area contributed by atoms with Gasteiger partial charge in [0.05, 0.1) is 13.2 Å². The van der Waals surface area contributed by atoms with Gasteiger partial charge in [0.25, 0.3) is 0 Å². The molecule has 20 heavy (non-hydrogen) atoms. The number of alkyl carbamates (subject to hydrolysis) is 1. The summed E-state index contributed by atoms with van der Waals surface area (Å²) in [4.78, 5) is 11.6. The molecule has 1 aliphatic heterocycles. The fraction of sp³-hybridized carbons (Fsp3) is 0.562. The molecule has 0 unspecified atom stereocenters. The molecule has 0 aromatic heterocycles. The van der Waals surface area contributed by atoms with Crippen molar-refractivity contribution in [1.29, 1.82) is 0 Å². The van der Waals surface area contributed by atoms with Crippen molar-refractivity contribution < 1.29 is 14.3 Å². The van der Waals surface area contributed by atoms with Gasteiger partial charge in [-0.1, -0.05) is 33.8 Å². The Hall–Kier alpha value is -1.71. The van der Waals surface area contributed by atoms with Gasteiger partial charge in [-0.3, -0.25) is 0 Å². The number of rotatable bonds is 3. The van der Waals surface area contributed by atoms with Gasteiger partial charge < -0.3 is 14.8 Å². The summed E-state index contributed by atoms with van der Waals surface area (Å²) in [5.74, 6) is 1.23. The monoisotopic (exact) mass is 277 g/mol. The minimum absolute atomic E-state index is 0.114. The number of carbonyl (C=O) groups is 1. The van der Waals surface area contributed by atoms with E-state index in [1.165, 1.54) is 5.56 Å². The second-order valence-electron chi connectivity index (χ2n) is 6.30. The molecular weight excluding hydrogens is 254 g/mol. The lowest BCUT2D eigenvalue weighted by Gasteiger charge is -2.39. The van der Waals surface area contributed by atoms with E-state index in [2.05, 4.69) is 45.1 Å². The maximum Gasteiger partial charge on any atom is 0.407 e. The van der Waals surface area contributed by atoms with Gasteiger partial charge in [-0.15, -0.1) is 0 Å². The standard InChI is InChI=1S/C16H23NO3/c1-10(2)11-6-7-13(19-5)12(8-11)14-16(3,4)9-20-15(18)17-14/h6-8,10,14H,9H2,1-5H3,(H,17,18)/t14-/m1/s1. The van der Waals surface area contributed by atoms with Crippen molar-refractivity contribution in [3.63, 3.8) is 0 Å². The molecule has 4 nitrogen and oxygen atoms in total. The van der Waals surface area contributed by atoms with E-state index in [-0.39, 0.29) is 17.6 Å². The van der Waals surface area contributed by atoms with Crippen LogP contribution in [0.3, 0.4) is 0 Å². The predicted octanol–water partition coefficient (Wildman–Crippen LogP) is 3.63. The van der Waals surface area contributed by atoms with Crippen LogP contribution < -0.4 is 10.1 Å². The number of cyclic esters (lactones) is 1. The van der Waals surface area contributed by atoms with E-state index in [0.717, 1.165) is 11.3 Å². The van der Waals surface area contributed by atoms with Crippen LogP contribution in [0.5, 0.6) is 5.75 Å². The normalized spacial score (nSPS) is 21.3. The highest BCUT2D eigenvalue weighted by Gasteiger charge is 2.39. The smallest absolute Gasteiger partial charge is 0.407 e. The number of ether oxygens (including phenoxy) is 2. The number of carbonyl (C=O) groups excluding carboxylic acids is 1. The number of hydrogen-bond donors (Lipinski definition) is 1. The Bertz CT molecular complexity index is 508. The van der Waals surface area contributed by atoms with E-state index >= 15 is 0 Å². The van der Waals surface area contributed by atoms with Crippen LogP contribution in [-0.2, 0) is 4.74 Å². The molecule has 4 heteroatoms. The topological polar surface area (TPSA) is 47.6 Å². The zero-order chi connectivity index (χ0) is 14.9. The first-order chi connectivity index (χ1) is 9.35. The van der Waals surface area contributed by atoms with Gasteiger partial charge in [0.15, 0.2) is 0 Å². The molecule has 110 valence electrons. The van der Waals surface area contributed by atoms with E-state index in [4.69, 9.17) is 9.47 Å². The maximum absolute atomic E-state index is 11.6. The van der Waals surface area contributed by atoms with E-state index < -0.39 is 0 Å². The number of methoxy groups -OCH3 is 1. The third-order valence-corrected chi connectivity index (χ3v) is 3.85. The van der Waals surface area contributed by atoms with Crippen LogP contribution in [0.4, 0.5) is 4.79 Å². The van der Waals surface area contributed by atoms with Crippen LogP contribution >= 0.6 is 0 Å². The van der Waals surface area contributed by atoms with Gasteiger partial charge in [0.2, 0.25) is 0 Å². The average molecular weight is 277 g/mol. The van der Waals surface area contributed by atoms with Gasteiger partial charge in [-0.25, -0.2) is 4.79 Å². The highest BCUT2D eigenvalue weighted by atomic mass is 16.6. The third kappa shape index (κ3) is 2.74. The van der Waals surface area contributed by atoms with Crippen molar-refractivity contribution in [1.82, 2.24) is 5.32 Å². The molecule has 1 saturated heterocycles. The van der Waals surface area contributed by atoms with E-state index in [0.29, 0.717) is 12.5 Å². The SMILES string of the molecule is COc1ccc(C(C)C)cc1[C@H]1NC(=O)OCC1(C)C. The Morgan fingerprint density at radius 2 is 2.10 bits per heavy atom. The lowest BCUT2D eigenvalue weighted by molar-refractivity contribution is 0.0381. The summed E-state index contributed by atoms with van der Waals surface area (Å²) < 4.78 is 10.6. The predicted molar refractivity (Wildman–Crippen MR) is 78.1 cm³/mol. The minimum Gasteiger partial charge on any atom is -0.496 e. The second-order valence-corrected chi connectivity index (χ2v) is 6.30. The molecule has 2 rings (SSSR count). The molecular formula is C16H23NO3. The van der Waals surface area contributed by atoms with Crippen LogP contribution in [0.15, 0.2) is 18.2 Å². The molecule has 1 aromatic carbocycles. The Balaban J connectivity index is 2.47. The fourth-order valence-electron chi connectivity index (χ4n) is 2.53.